The molecule has 9 heteroatoms. The zero-order valence-electron chi connectivity index (χ0n) is 16.6. The second-order valence-electron chi connectivity index (χ2n) is 6.91. The van der Waals surface area contributed by atoms with Crippen molar-refractivity contribution in [3.8, 4) is 0 Å². The summed E-state index contributed by atoms with van der Waals surface area (Å²) in [5.41, 5.74) is -0.390. The highest BCUT2D eigenvalue weighted by Gasteiger charge is 2.42. The Morgan fingerprint density at radius 1 is 1.08 bits per heavy atom. The highest BCUT2D eigenvalue weighted by molar-refractivity contribution is 14.0. The van der Waals surface area contributed by atoms with Gasteiger partial charge in [0.15, 0.2) is 5.96 Å². The summed E-state index contributed by atoms with van der Waals surface area (Å²) in [4.78, 5) is 31.9. The molecule has 0 aromatic carbocycles. The molecule has 2 N–H and O–H groups in total. The van der Waals surface area contributed by atoms with Crippen molar-refractivity contribution < 1.29 is 14.3 Å². The van der Waals surface area contributed by atoms with Crippen molar-refractivity contribution in [2.45, 2.75) is 25.7 Å². The number of hydrogen-bond acceptors (Lipinski definition) is 4. The summed E-state index contributed by atoms with van der Waals surface area (Å²) in [5, 5.41) is 6.40. The minimum atomic E-state index is -0.390. The van der Waals surface area contributed by atoms with Crippen LogP contribution in [-0.2, 0) is 14.3 Å². The second-order valence-corrected chi connectivity index (χ2v) is 6.91. The van der Waals surface area contributed by atoms with E-state index in [1.807, 2.05) is 0 Å². The zero-order chi connectivity index (χ0) is 18.9. The third-order valence-corrected chi connectivity index (χ3v) is 4.48. The van der Waals surface area contributed by atoms with E-state index in [0.717, 1.165) is 25.7 Å². The Morgan fingerprint density at radius 2 is 1.69 bits per heavy atom. The molecule has 1 rings (SSSR count). The van der Waals surface area contributed by atoms with E-state index in [0.29, 0.717) is 25.7 Å². The number of amides is 2. The minimum absolute atomic E-state index is 0. The molecular weight excluding hydrogens is 449 g/mol. The molecular formula is C17H34IN5O3. The molecule has 0 aromatic rings. The van der Waals surface area contributed by atoms with E-state index < -0.39 is 5.41 Å². The molecule has 0 bridgehead atoms. The summed E-state index contributed by atoms with van der Waals surface area (Å²) in [6, 6.07) is 0. The van der Waals surface area contributed by atoms with Gasteiger partial charge in [0.05, 0.1) is 12.0 Å². The van der Waals surface area contributed by atoms with Crippen LogP contribution in [0.4, 0.5) is 0 Å². The first-order chi connectivity index (χ1) is 11.8. The summed E-state index contributed by atoms with van der Waals surface area (Å²) < 4.78 is 5.04. The van der Waals surface area contributed by atoms with Crippen LogP contribution in [0.1, 0.15) is 25.7 Å². The number of ether oxygens (including phenoxy) is 1. The lowest BCUT2D eigenvalue weighted by Crippen LogP contribution is -2.49. The van der Waals surface area contributed by atoms with Crippen LogP contribution in [0.5, 0.6) is 0 Å². The van der Waals surface area contributed by atoms with Crippen molar-refractivity contribution in [2.75, 3.05) is 61.5 Å². The smallest absolute Gasteiger partial charge is 0.243 e. The number of nitrogens with one attached hydrogen (secondary N) is 2. The average Bonchev–Trinajstić information content (AvgIpc) is 3.05. The van der Waals surface area contributed by atoms with Crippen molar-refractivity contribution in [1.29, 1.82) is 0 Å². The molecule has 1 saturated carbocycles. The van der Waals surface area contributed by atoms with E-state index in [1.54, 1.807) is 40.2 Å². The van der Waals surface area contributed by atoms with Gasteiger partial charge in [0.25, 0.3) is 0 Å². The molecule has 0 saturated heterocycles. The fraction of sp³-hybridized carbons (Fsp3) is 0.824. The summed E-state index contributed by atoms with van der Waals surface area (Å²) in [5.74, 6) is 0.607. The molecule has 0 aromatic heterocycles. The van der Waals surface area contributed by atoms with Gasteiger partial charge in [0.2, 0.25) is 11.8 Å². The molecule has 8 nitrogen and oxygen atoms in total. The van der Waals surface area contributed by atoms with Gasteiger partial charge in [0.1, 0.15) is 6.54 Å². The second kappa shape index (κ2) is 12.3. The van der Waals surface area contributed by atoms with E-state index in [1.165, 1.54) is 4.90 Å². The molecule has 0 radical (unpaired) electrons. The standard InChI is InChI=1S/C17H33N5O3.HI/c1-21(2)14(23)12-19-16(18-10-11-25-5)20-13-17(8-6-7-9-17)15(24)22(3)4;/h6-13H2,1-5H3,(H2,18,19,20);1H. The van der Waals surface area contributed by atoms with Crippen LogP contribution < -0.4 is 10.6 Å². The van der Waals surface area contributed by atoms with Crippen LogP contribution in [0.3, 0.4) is 0 Å². The van der Waals surface area contributed by atoms with Gasteiger partial charge in [0, 0.05) is 48.4 Å². The Labute approximate surface area is 174 Å². The molecule has 2 amide bonds. The van der Waals surface area contributed by atoms with Crippen LogP contribution in [0, 0.1) is 5.41 Å². The van der Waals surface area contributed by atoms with Gasteiger partial charge in [-0.1, -0.05) is 12.8 Å². The lowest BCUT2D eigenvalue weighted by atomic mass is 9.84. The molecule has 0 atom stereocenters. The van der Waals surface area contributed by atoms with Gasteiger partial charge in [-0.25, -0.2) is 4.99 Å². The summed E-state index contributed by atoms with van der Waals surface area (Å²) in [6.07, 6.45) is 3.87. The van der Waals surface area contributed by atoms with E-state index in [-0.39, 0.29) is 42.3 Å². The third kappa shape index (κ3) is 7.65. The van der Waals surface area contributed by atoms with E-state index in [4.69, 9.17) is 4.74 Å². The van der Waals surface area contributed by atoms with Crippen LogP contribution >= 0.6 is 24.0 Å². The predicted molar refractivity (Wildman–Crippen MR) is 114 cm³/mol. The topological polar surface area (TPSA) is 86.3 Å². The number of hydrogen-bond donors (Lipinski definition) is 2. The van der Waals surface area contributed by atoms with E-state index in [9.17, 15) is 9.59 Å². The molecule has 0 aliphatic heterocycles. The lowest BCUT2D eigenvalue weighted by molar-refractivity contribution is -0.138. The molecule has 0 heterocycles. The molecule has 0 unspecified atom stereocenters. The SMILES string of the molecule is COCCNC(=NCC(=O)N(C)C)NCC1(C(=O)N(C)C)CCCC1.I. The molecule has 0 spiro atoms. The summed E-state index contributed by atoms with van der Waals surface area (Å²) in [7, 11) is 8.62. The fourth-order valence-electron chi connectivity index (χ4n) is 2.98. The number of likely N-dealkylation sites (N-methyl/N-ethyl adjacent to an activating group) is 1. The first kappa shape index (κ1) is 24.9. The van der Waals surface area contributed by atoms with E-state index in [2.05, 4.69) is 15.6 Å². The number of rotatable bonds is 8. The third-order valence-electron chi connectivity index (χ3n) is 4.48. The van der Waals surface area contributed by atoms with Gasteiger partial charge in [-0.15, -0.1) is 24.0 Å². The Kier molecular flexibility index (Phi) is 11.8. The van der Waals surface area contributed by atoms with Gasteiger partial charge in [-0.2, -0.15) is 0 Å². The Bertz CT molecular complexity index is 477. The van der Waals surface area contributed by atoms with Gasteiger partial charge >= 0.3 is 0 Å². The highest BCUT2D eigenvalue weighted by Crippen LogP contribution is 2.38. The van der Waals surface area contributed by atoms with Crippen LogP contribution in [0.25, 0.3) is 0 Å². The monoisotopic (exact) mass is 483 g/mol. The quantitative estimate of drug-likeness (QED) is 0.228. The molecule has 152 valence electrons. The molecule has 1 aliphatic carbocycles. The molecule has 26 heavy (non-hydrogen) atoms. The summed E-state index contributed by atoms with van der Waals surface area (Å²) in [6.45, 7) is 1.68. The number of methoxy groups -OCH3 is 1. The maximum absolute atomic E-state index is 12.6. The van der Waals surface area contributed by atoms with E-state index >= 15 is 0 Å². The number of guanidine groups is 1. The normalized spacial score (nSPS) is 15.8. The Morgan fingerprint density at radius 3 is 2.19 bits per heavy atom. The predicted octanol–water partition coefficient (Wildman–Crippen LogP) is 0.523. The number of nitrogens with zero attached hydrogens (tertiary/aromatic N) is 3. The highest BCUT2D eigenvalue weighted by atomic mass is 127. The molecule has 1 fully saturated rings. The first-order valence-electron chi connectivity index (χ1n) is 8.75. The van der Waals surface area contributed by atoms with Crippen molar-refractivity contribution in [3.63, 3.8) is 0 Å². The maximum atomic E-state index is 12.6. The molecule has 1 aliphatic rings. The number of halogens is 1. The lowest BCUT2D eigenvalue weighted by Gasteiger charge is -2.31. The first-order valence-corrected chi connectivity index (χ1v) is 8.75. The summed E-state index contributed by atoms with van der Waals surface area (Å²) >= 11 is 0. The van der Waals surface area contributed by atoms with Crippen molar-refractivity contribution in [1.82, 2.24) is 20.4 Å². The van der Waals surface area contributed by atoms with Crippen molar-refractivity contribution in [2.24, 2.45) is 10.4 Å². The maximum Gasteiger partial charge on any atom is 0.243 e. The van der Waals surface area contributed by atoms with Crippen LogP contribution in [0.15, 0.2) is 4.99 Å². The van der Waals surface area contributed by atoms with Crippen molar-refractivity contribution >= 4 is 41.8 Å². The number of aliphatic imine (C=N–C) groups is 1. The number of carbonyl (C=O) groups excluding carboxylic acids is 2. The largest absolute Gasteiger partial charge is 0.383 e. The minimum Gasteiger partial charge on any atom is -0.383 e. The van der Waals surface area contributed by atoms with Gasteiger partial charge < -0.3 is 25.2 Å². The van der Waals surface area contributed by atoms with Gasteiger partial charge in [-0.3, -0.25) is 9.59 Å². The number of carbonyl (C=O) groups is 2. The Balaban J connectivity index is 0.00000625. The van der Waals surface area contributed by atoms with Gasteiger partial charge in [-0.05, 0) is 12.8 Å². The van der Waals surface area contributed by atoms with Crippen LogP contribution in [0.2, 0.25) is 0 Å². The fourth-order valence-corrected chi connectivity index (χ4v) is 2.98. The zero-order valence-corrected chi connectivity index (χ0v) is 19.0. The van der Waals surface area contributed by atoms with Crippen LogP contribution in [-0.4, -0.2) is 89.1 Å². The Hall–Kier alpha value is -1.10. The van der Waals surface area contributed by atoms with Crippen molar-refractivity contribution in [3.05, 3.63) is 0 Å². The average molecular weight is 483 g/mol.